The molecule has 0 atom stereocenters. The average molecular weight is 339 g/mol. The van der Waals surface area contributed by atoms with Crippen molar-refractivity contribution in [3.8, 4) is 0 Å². The van der Waals surface area contributed by atoms with Crippen LogP contribution in [-0.2, 0) is 11.3 Å². The Bertz CT molecular complexity index is 568. The Morgan fingerprint density at radius 3 is 2.84 bits per heavy atom. The summed E-state index contributed by atoms with van der Waals surface area (Å²) < 4.78 is 0.951. The zero-order chi connectivity index (χ0) is 13.7. The minimum atomic E-state index is -0.0358. The van der Waals surface area contributed by atoms with Crippen molar-refractivity contribution in [2.24, 2.45) is 0 Å². The van der Waals surface area contributed by atoms with Crippen LogP contribution in [0.15, 0.2) is 40.9 Å². The molecule has 0 radical (unpaired) electrons. The Labute approximate surface area is 125 Å². The molecule has 2 aromatic rings. The summed E-state index contributed by atoms with van der Waals surface area (Å²) in [6.45, 7) is 3.11. The molecule has 1 aromatic carbocycles. The maximum absolute atomic E-state index is 11.7. The number of benzene rings is 1. The van der Waals surface area contributed by atoms with Gasteiger partial charge >= 0.3 is 0 Å². The van der Waals surface area contributed by atoms with Gasteiger partial charge in [-0.1, -0.05) is 22.0 Å². The average Bonchev–Trinajstić information content (AvgIpc) is 2.75. The molecule has 0 bridgehead atoms. The SMILES string of the molecule is Cc1ccc(CNCC(=O)Nc2cccc(Br)c2)s1. The van der Waals surface area contributed by atoms with Crippen molar-refractivity contribution in [2.45, 2.75) is 13.5 Å². The third kappa shape index (κ3) is 4.78. The molecule has 0 saturated heterocycles. The van der Waals surface area contributed by atoms with Crippen molar-refractivity contribution in [3.05, 3.63) is 50.6 Å². The van der Waals surface area contributed by atoms with Gasteiger partial charge in [-0.15, -0.1) is 11.3 Å². The van der Waals surface area contributed by atoms with E-state index < -0.39 is 0 Å². The highest BCUT2D eigenvalue weighted by Gasteiger charge is 2.03. The van der Waals surface area contributed by atoms with Crippen LogP contribution in [0, 0.1) is 6.92 Å². The Kier molecular flexibility index (Phi) is 5.13. The van der Waals surface area contributed by atoms with E-state index in [0.29, 0.717) is 6.54 Å². The number of hydrogen-bond donors (Lipinski definition) is 2. The first-order valence-electron chi connectivity index (χ1n) is 5.95. The van der Waals surface area contributed by atoms with Gasteiger partial charge < -0.3 is 10.6 Å². The van der Waals surface area contributed by atoms with Crippen LogP contribution in [0.3, 0.4) is 0 Å². The van der Waals surface area contributed by atoms with E-state index in [0.717, 1.165) is 16.7 Å². The monoisotopic (exact) mass is 338 g/mol. The Morgan fingerprint density at radius 1 is 1.32 bits per heavy atom. The number of carbonyl (C=O) groups is 1. The molecule has 1 amide bonds. The second-order valence-corrected chi connectivity index (χ2v) is 6.46. The van der Waals surface area contributed by atoms with Gasteiger partial charge in [-0.25, -0.2) is 0 Å². The molecule has 3 nitrogen and oxygen atoms in total. The fourth-order valence-electron chi connectivity index (χ4n) is 1.65. The molecule has 0 aliphatic heterocycles. The summed E-state index contributed by atoms with van der Waals surface area (Å²) in [6.07, 6.45) is 0. The van der Waals surface area contributed by atoms with Crippen molar-refractivity contribution in [2.75, 3.05) is 11.9 Å². The third-order valence-corrected chi connectivity index (χ3v) is 3.98. The van der Waals surface area contributed by atoms with Gasteiger partial charge in [0.15, 0.2) is 0 Å². The summed E-state index contributed by atoms with van der Waals surface area (Å²) in [6, 6.07) is 11.7. The number of rotatable bonds is 5. The number of anilines is 1. The largest absolute Gasteiger partial charge is 0.325 e. The zero-order valence-corrected chi connectivity index (χ0v) is 13.0. The molecule has 0 aliphatic carbocycles. The molecule has 0 unspecified atom stereocenters. The second-order valence-electron chi connectivity index (χ2n) is 4.17. The molecule has 2 rings (SSSR count). The Morgan fingerprint density at radius 2 is 2.16 bits per heavy atom. The van der Waals surface area contributed by atoms with Crippen LogP contribution >= 0.6 is 27.3 Å². The lowest BCUT2D eigenvalue weighted by Crippen LogP contribution is -2.27. The van der Waals surface area contributed by atoms with Gasteiger partial charge in [0.2, 0.25) is 5.91 Å². The van der Waals surface area contributed by atoms with Gasteiger partial charge in [0.25, 0.3) is 0 Å². The maximum atomic E-state index is 11.7. The van der Waals surface area contributed by atoms with Crippen LogP contribution in [-0.4, -0.2) is 12.5 Å². The maximum Gasteiger partial charge on any atom is 0.238 e. The van der Waals surface area contributed by atoms with Gasteiger partial charge in [-0.05, 0) is 37.3 Å². The van der Waals surface area contributed by atoms with Crippen molar-refractivity contribution >= 4 is 38.9 Å². The standard InChI is InChI=1S/C14H15BrN2OS/c1-10-5-6-13(19-10)8-16-9-14(18)17-12-4-2-3-11(15)7-12/h2-7,16H,8-9H2,1H3,(H,17,18). The molecule has 0 fully saturated rings. The highest BCUT2D eigenvalue weighted by Crippen LogP contribution is 2.16. The number of thiophene rings is 1. The number of amides is 1. The molecular formula is C14H15BrN2OS. The first-order chi connectivity index (χ1) is 9.13. The van der Waals surface area contributed by atoms with Gasteiger partial charge in [-0.2, -0.15) is 0 Å². The summed E-state index contributed by atoms with van der Waals surface area (Å²) in [5.41, 5.74) is 0.799. The highest BCUT2D eigenvalue weighted by molar-refractivity contribution is 9.10. The van der Waals surface area contributed by atoms with Gasteiger partial charge in [0.1, 0.15) is 0 Å². The van der Waals surface area contributed by atoms with Crippen LogP contribution in [0.25, 0.3) is 0 Å². The quantitative estimate of drug-likeness (QED) is 0.875. The fourth-order valence-corrected chi connectivity index (χ4v) is 2.91. The first kappa shape index (κ1) is 14.2. The molecule has 0 saturated carbocycles. The van der Waals surface area contributed by atoms with Gasteiger partial charge in [-0.3, -0.25) is 4.79 Å². The minimum absolute atomic E-state index is 0.0358. The fraction of sp³-hybridized carbons (Fsp3) is 0.214. The molecular weight excluding hydrogens is 324 g/mol. The van der Waals surface area contributed by atoms with Crippen molar-refractivity contribution in [3.63, 3.8) is 0 Å². The normalized spacial score (nSPS) is 10.4. The minimum Gasteiger partial charge on any atom is -0.325 e. The van der Waals surface area contributed by atoms with Crippen LogP contribution in [0.4, 0.5) is 5.69 Å². The summed E-state index contributed by atoms with van der Waals surface area (Å²) in [5, 5.41) is 5.98. The van der Waals surface area contributed by atoms with Crippen LogP contribution in [0.5, 0.6) is 0 Å². The lowest BCUT2D eigenvalue weighted by Gasteiger charge is -2.06. The summed E-state index contributed by atoms with van der Waals surface area (Å²) in [4.78, 5) is 14.3. The third-order valence-electron chi connectivity index (χ3n) is 2.49. The van der Waals surface area contributed by atoms with E-state index in [1.54, 1.807) is 11.3 Å². The predicted molar refractivity (Wildman–Crippen MR) is 83.5 cm³/mol. The van der Waals surface area contributed by atoms with E-state index in [4.69, 9.17) is 0 Å². The zero-order valence-electron chi connectivity index (χ0n) is 10.6. The lowest BCUT2D eigenvalue weighted by atomic mass is 10.3. The number of halogens is 1. The van der Waals surface area contributed by atoms with E-state index in [9.17, 15) is 4.79 Å². The van der Waals surface area contributed by atoms with Crippen molar-refractivity contribution < 1.29 is 4.79 Å². The van der Waals surface area contributed by atoms with Crippen molar-refractivity contribution in [1.29, 1.82) is 0 Å². The number of aryl methyl sites for hydroxylation is 1. The van der Waals surface area contributed by atoms with Crippen molar-refractivity contribution in [1.82, 2.24) is 5.32 Å². The molecule has 5 heteroatoms. The number of carbonyl (C=O) groups excluding carboxylic acids is 1. The molecule has 1 heterocycles. The van der Waals surface area contributed by atoms with Crippen LogP contribution < -0.4 is 10.6 Å². The topological polar surface area (TPSA) is 41.1 Å². The number of nitrogens with one attached hydrogen (secondary N) is 2. The van der Waals surface area contributed by atoms with Crippen LogP contribution in [0.1, 0.15) is 9.75 Å². The van der Waals surface area contributed by atoms with E-state index in [1.165, 1.54) is 9.75 Å². The van der Waals surface area contributed by atoms with E-state index in [1.807, 2.05) is 24.3 Å². The summed E-state index contributed by atoms with van der Waals surface area (Å²) in [5.74, 6) is -0.0358. The van der Waals surface area contributed by atoms with E-state index in [-0.39, 0.29) is 5.91 Å². The number of hydrogen-bond acceptors (Lipinski definition) is 3. The molecule has 2 N–H and O–H groups in total. The predicted octanol–water partition coefficient (Wildman–Crippen LogP) is 3.55. The molecule has 100 valence electrons. The molecule has 0 spiro atoms. The van der Waals surface area contributed by atoms with Gasteiger partial charge in [0.05, 0.1) is 6.54 Å². The second kappa shape index (κ2) is 6.84. The highest BCUT2D eigenvalue weighted by atomic mass is 79.9. The van der Waals surface area contributed by atoms with E-state index >= 15 is 0 Å². The first-order valence-corrected chi connectivity index (χ1v) is 7.56. The molecule has 0 aliphatic rings. The summed E-state index contributed by atoms with van der Waals surface area (Å²) >= 11 is 5.12. The van der Waals surface area contributed by atoms with Crippen LogP contribution in [0.2, 0.25) is 0 Å². The molecule has 1 aromatic heterocycles. The smallest absolute Gasteiger partial charge is 0.238 e. The Hall–Kier alpha value is -1.17. The van der Waals surface area contributed by atoms with Gasteiger partial charge in [0, 0.05) is 26.5 Å². The molecule has 19 heavy (non-hydrogen) atoms. The lowest BCUT2D eigenvalue weighted by molar-refractivity contribution is -0.115. The Balaban J connectivity index is 1.76. The summed E-state index contributed by atoms with van der Waals surface area (Å²) in [7, 11) is 0. The van der Waals surface area contributed by atoms with E-state index in [2.05, 4.69) is 45.6 Å².